The number of pyridine rings is 1. The van der Waals surface area contributed by atoms with Crippen LogP contribution in [0.1, 0.15) is 12.0 Å². The van der Waals surface area contributed by atoms with Gasteiger partial charge in [-0.05, 0) is 46.5 Å². The largest absolute Gasteiger partial charge is 0.354 e. The third-order valence-electron chi connectivity index (χ3n) is 6.62. The maximum atomic E-state index is 12.0. The predicted molar refractivity (Wildman–Crippen MR) is 139 cm³/mol. The zero-order chi connectivity index (χ0) is 22.8. The van der Waals surface area contributed by atoms with Crippen LogP contribution in [0.25, 0.3) is 15.7 Å². The highest BCUT2D eigenvalue weighted by Gasteiger charge is 2.26. The first-order chi connectivity index (χ1) is 16.1. The molecule has 4 heterocycles. The predicted octanol–water partition coefficient (Wildman–Crippen LogP) is 5.08. The summed E-state index contributed by atoms with van der Waals surface area (Å²) in [5.41, 5.74) is 2.74. The lowest BCUT2D eigenvalue weighted by Gasteiger charge is -2.39. The summed E-state index contributed by atoms with van der Waals surface area (Å²) in [6.45, 7) is 5.97. The van der Waals surface area contributed by atoms with Crippen LogP contribution in [0.15, 0.2) is 47.9 Å². The van der Waals surface area contributed by atoms with Crippen molar-refractivity contribution in [3.05, 3.63) is 63.6 Å². The Balaban J connectivity index is 1.18. The number of rotatable bonds is 6. The summed E-state index contributed by atoms with van der Waals surface area (Å²) in [5, 5.41) is 4.27. The van der Waals surface area contributed by atoms with Gasteiger partial charge in [0.1, 0.15) is 17.3 Å². The molecule has 2 aromatic heterocycles. The number of benzene rings is 1. The van der Waals surface area contributed by atoms with Crippen LogP contribution in [0.4, 0.5) is 5.82 Å². The van der Waals surface area contributed by atoms with Crippen molar-refractivity contribution in [2.75, 3.05) is 50.7 Å². The van der Waals surface area contributed by atoms with Crippen molar-refractivity contribution in [3.63, 3.8) is 0 Å². The van der Waals surface area contributed by atoms with Crippen LogP contribution >= 0.6 is 34.5 Å². The molecule has 0 aliphatic carbocycles. The highest BCUT2D eigenvalue weighted by atomic mass is 35.5. The van der Waals surface area contributed by atoms with Gasteiger partial charge in [-0.3, -0.25) is 9.80 Å². The van der Waals surface area contributed by atoms with E-state index in [4.69, 9.17) is 23.2 Å². The number of aromatic nitrogens is 1. The Morgan fingerprint density at radius 2 is 1.91 bits per heavy atom. The minimum atomic E-state index is -0.0880. The number of carbonyl (C=O) groups excluding carboxylic acids is 1. The fraction of sp³-hybridized carbons (Fsp3) is 0.360. The van der Waals surface area contributed by atoms with Crippen molar-refractivity contribution >= 4 is 62.3 Å². The number of aldehydes is 1. The minimum absolute atomic E-state index is 0.0880. The Bertz CT molecular complexity index is 1170. The summed E-state index contributed by atoms with van der Waals surface area (Å²) in [7, 11) is 0. The van der Waals surface area contributed by atoms with Gasteiger partial charge in [0.25, 0.3) is 0 Å². The topological polar surface area (TPSA) is 39.7 Å². The van der Waals surface area contributed by atoms with Gasteiger partial charge in [0.2, 0.25) is 0 Å². The average molecular weight is 501 g/mol. The van der Waals surface area contributed by atoms with Gasteiger partial charge in [0.05, 0.1) is 11.1 Å². The van der Waals surface area contributed by atoms with Gasteiger partial charge in [0.15, 0.2) is 0 Å². The van der Waals surface area contributed by atoms with Gasteiger partial charge in [-0.15, -0.1) is 11.3 Å². The molecule has 0 N–H and O–H groups in total. The number of piperazine rings is 1. The number of thiophene rings is 1. The van der Waals surface area contributed by atoms with Crippen molar-refractivity contribution < 1.29 is 4.79 Å². The van der Waals surface area contributed by atoms with Crippen LogP contribution in [0.2, 0.25) is 10.2 Å². The number of nitrogens with zero attached hydrogens (tertiary/aromatic N) is 4. The third-order valence-corrected chi connectivity index (χ3v) is 8.27. The Morgan fingerprint density at radius 3 is 2.64 bits per heavy atom. The quantitative estimate of drug-likeness (QED) is 0.348. The highest BCUT2D eigenvalue weighted by Crippen LogP contribution is 2.33. The summed E-state index contributed by atoms with van der Waals surface area (Å²) < 4.78 is 1.36. The van der Waals surface area contributed by atoms with E-state index in [0.29, 0.717) is 10.2 Å². The SMILES string of the molecule is O=CC(CN1CCN(c2ccc(Cl)c(Cl)n2)CC1)N1CC=C(c2cccc3ccsc23)CC1. The number of carbonyl (C=O) groups is 1. The Labute approximate surface area is 208 Å². The van der Waals surface area contributed by atoms with E-state index in [-0.39, 0.29) is 6.04 Å². The molecule has 3 aromatic rings. The van der Waals surface area contributed by atoms with Gasteiger partial charge in [-0.1, -0.05) is 47.5 Å². The molecule has 0 amide bonds. The van der Waals surface area contributed by atoms with Gasteiger partial charge in [0, 0.05) is 50.5 Å². The van der Waals surface area contributed by atoms with Crippen LogP contribution in [0, 0.1) is 0 Å². The smallest absolute Gasteiger partial charge is 0.150 e. The molecule has 1 unspecified atom stereocenters. The number of halogens is 2. The third kappa shape index (κ3) is 4.96. The Morgan fingerprint density at radius 1 is 1.06 bits per heavy atom. The van der Waals surface area contributed by atoms with Crippen LogP contribution < -0.4 is 4.90 Å². The molecule has 172 valence electrons. The van der Waals surface area contributed by atoms with Gasteiger partial charge < -0.3 is 9.69 Å². The molecule has 0 spiro atoms. The Hall–Kier alpha value is -1.96. The molecular formula is C25H26Cl2N4OS. The molecule has 5 rings (SSSR count). The van der Waals surface area contributed by atoms with Gasteiger partial charge in [-0.2, -0.15) is 0 Å². The minimum Gasteiger partial charge on any atom is -0.354 e. The van der Waals surface area contributed by atoms with E-state index in [1.807, 2.05) is 6.07 Å². The number of hydrogen-bond donors (Lipinski definition) is 0. The molecule has 0 bridgehead atoms. The van der Waals surface area contributed by atoms with E-state index in [9.17, 15) is 4.79 Å². The van der Waals surface area contributed by atoms with Gasteiger partial charge >= 0.3 is 0 Å². The van der Waals surface area contributed by atoms with Crippen molar-refractivity contribution in [1.29, 1.82) is 0 Å². The molecule has 1 atom stereocenters. The monoisotopic (exact) mass is 500 g/mol. The zero-order valence-corrected chi connectivity index (χ0v) is 20.6. The lowest BCUT2D eigenvalue weighted by molar-refractivity contribution is -0.113. The normalized spacial score (nSPS) is 19.0. The lowest BCUT2D eigenvalue weighted by Crippen LogP contribution is -2.52. The summed E-state index contributed by atoms with van der Waals surface area (Å²) in [6.07, 6.45) is 4.40. The van der Waals surface area contributed by atoms with Crippen LogP contribution in [0.3, 0.4) is 0 Å². The van der Waals surface area contributed by atoms with Crippen molar-refractivity contribution in [3.8, 4) is 0 Å². The van der Waals surface area contributed by atoms with E-state index in [2.05, 4.69) is 55.4 Å². The van der Waals surface area contributed by atoms with Crippen LogP contribution in [-0.2, 0) is 4.79 Å². The molecule has 2 aliphatic heterocycles. The van der Waals surface area contributed by atoms with Crippen molar-refractivity contribution in [2.24, 2.45) is 0 Å². The maximum absolute atomic E-state index is 12.0. The lowest BCUT2D eigenvalue weighted by atomic mass is 9.97. The standard InChI is InChI=1S/C25H26Cl2N4OS/c26-22-4-5-23(28-25(22)27)31-13-11-29(12-14-31)16-20(17-32)30-9-6-18(7-10-30)21-3-1-2-19-8-15-33-24(19)21/h1-6,8,15,17,20H,7,9-14,16H2. The average Bonchev–Trinajstić information content (AvgIpc) is 3.34. The fourth-order valence-electron chi connectivity index (χ4n) is 4.73. The molecular weight excluding hydrogens is 475 g/mol. The molecule has 33 heavy (non-hydrogen) atoms. The second kappa shape index (κ2) is 10.1. The van der Waals surface area contributed by atoms with Crippen molar-refractivity contribution in [2.45, 2.75) is 12.5 Å². The first kappa shape index (κ1) is 22.8. The molecule has 0 radical (unpaired) electrons. The summed E-state index contributed by atoms with van der Waals surface area (Å²) >= 11 is 13.9. The molecule has 2 aliphatic rings. The van der Waals surface area contributed by atoms with E-state index in [0.717, 1.165) is 64.3 Å². The molecule has 1 aromatic carbocycles. The second-order valence-electron chi connectivity index (χ2n) is 8.55. The first-order valence-electron chi connectivity index (χ1n) is 11.3. The molecule has 8 heteroatoms. The molecule has 1 saturated heterocycles. The number of fused-ring (bicyclic) bond motifs is 1. The number of anilines is 1. The van der Waals surface area contributed by atoms with Crippen LogP contribution in [-0.4, -0.2) is 72.9 Å². The van der Waals surface area contributed by atoms with E-state index < -0.39 is 0 Å². The summed E-state index contributed by atoms with van der Waals surface area (Å²) in [5.74, 6) is 0.852. The van der Waals surface area contributed by atoms with E-state index in [1.165, 1.54) is 21.2 Å². The Kier molecular flexibility index (Phi) is 6.99. The number of hydrogen-bond acceptors (Lipinski definition) is 6. The van der Waals surface area contributed by atoms with E-state index in [1.54, 1.807) is 17.4 Å². The van der Waals surface area contributed by atoms with Crippen LogP contribution in [0.5, 0.6) is 0 Å². The first-order valence-corrected chi connectivity index (χ1v) is 12.9. The summed E-state index contributed by atoms with van der Waals surface area (Å²) in [6, 6.07) is 12.3. The van der Waals surface area contributed by atoms with Gasteiger partial charge in [-0.25, -0.2) is 4.98 Å². The zero-order valence-electron chi connectivity index (χ0n) is 18.3. The van der Waals surface area contributed by atoms with E-state index >= 15 is 0 Å². The van der Waals surface area contributed by atoms with Crippen molar-refractivity contribution in [1.82, 2.24) is 14.8 Å². The second-order valence-corrected chi connectivity index (χ2v) is 10.2. The highest BCUT2D eigenvalue weighted by molar-refractivity contribution is 7.17. The molecule has 1 fully saturated rings. The molecule has 0 saturated carbocycles. The summed E-state index contributed by atoms with van der Waals surface area (Å²) in [4.78, 5) is 23.3. The fourth-order valence-corrected chi connectivity index (χ4v) is 5.93. The molecule has 5 nitrogen and oxygen atoms in total. The maximum Gasteiger partial charge on any atom is 0.150 e.